The number of amides is 3. The number of nitrogens with two attached hydrogens (primary N) is 1. The minimum Gasteiger partial charge on any atom is -0.453 e. The molecule has 2 aliphatic heterocycles. The van der Waals surface area contributed by atoms with E-state index >= 15 is 0 Å². The molecule has 2 aromatic rings. The SMILES string of the molecule is COCCOC1C(C2=CC=C(c3cnc(C4CC5(CC5)CN4C(=O)CN)[nH]3)CC2)=CC=C(c2cnc(C3CCCN3C(=O)C(NC(=O)OC)C(C)C)[nH]2)C1OCCOC. The Labute approximate surface area is 346 Å². The number of H-pyrrole nitrogens is 2. The molecule has 0 bridgehead atoms. The average molecular weight is 817 g/mol. The largest absolute Gasteiger partial charge is 0.453 e. The number of nitrogens with one attached hydrogen (secondary N) is 3. The molecular weight excluding hydrogens is 757 g/mol. The molecular formula is C43H60N8O8. The summed E-state index contributed by atoms with van der Waals surface area (Å²) in [5.74, 6) is 1.15. The van der Waals surface area contributed by atoms with Crippen LogP contribution in [0, 0.1) is 11.3 Å². The smallest absolute Gasteiger partial charge is 0.407 e. The summed E-state index contributed by atoms with van der Waals surface area (Å²) in [6.45, 7) is 6.63. The highest BCUT2D eigenvalue weighted by molar-refractivity contribution is 5.86. The Kier molecular flexibility index (Phi) is 13.5. The topological polar surface area (TPSA) is 199 Å². The molecule has 320 valence electrons. The number of carbonyl (C=O) groups is 3. The molecule has 5 atom stereocenters. The first-order valence-electron chi connectivity index (χ1n) is 20.9. The number of aromatic amines is 2. The maximum atomic E-state index is 13.8. The Morgan fingerprint density at radius 3 is 2.10 bits per heavy atom. The van der Waals surface area contributed by atoms with Crippen molar-refractivity contribution in [3.05, 3.63) is 70.9 Å². The number of carbonyl (C=O) groups excluding carboxylic acids is 3. The second-order valence-corrected chi connectivity index (χ2v) is 16.6. The standard InChI is InChI=1S/C43H60N8O8/c1-26(2)36(49-42(54)57-5)41(53)50-16-6-7-33(50)39-46-24-32(48-39)30-13-12-29(37(58-19-17-55-3)38(30)59-20-18-56-4)27-8-10-28(11-9-27)31-23-45-40(47-31)34-21-43(14-15-43)25-51(34)35(52)22-44/h8,10,12-13,23-24,26,33-34,36-38H,6-7,9,11,14-22,25,44H2,1-5H3,(H,45,47)(H,46,48)(H,49,54). The van der Waals surface area contributed by atoms with Crippen molar-refractivity contribution in [1.82, 2.24) is 35.1 Å². The van der Waals surface area contributed by atoms with Gasteiger partial charge in [-0.05, 0) is 73.0 Å². The van der Waals surface area contributed by atoms with Crippen LogP contribution in [-0.2, 0) is 33.3 Å². The molecule has 4 heterocycles. The zero-order chi connectivity index (χ0) is 41.7. The van der Waals surface area contributed by atoms with Gasteiger partial charge in [-0.3, -0.25) is 9.59 Å². The maximum absolute atomic E-state index is 13.8. The van der Waals surface area contributed by atoms with Gasteiger partial charge in [-0.25, -0.2) is 14.8 Å². The van der Waals surface area contributed by atoms with E-state index in [0.717, 1.165) is 91.0 Å². The van der Waals surface area contributed by atoms with Crippen molar-refractivity contribution in [2.45, 2.75) is 89.1 Å². The number of alkyl carbamates (subject to hydrolysis) is 1. The van der Waals surface area contributed by atoms with E-state index < -0.39 is 24.3 Å². The van der Waals surface area contributed by atoms with Crippen LogP contribution in [0.5, 0.6) is 0 Å². The van der Waals surface area contributed by atoms with E-state index in [-0.39, 0.29) is 41.8 Å². The van der Waals surface area contributed by atoms with E-state index in [1.807, 2.05) is 24.9 Å². The van der Waals surface area contributed by atoms with Gasteiger partial charge in [0.25, 0.3) is 0 Å². The van der Waals surface area contributed by atoms with Gasteiger partial charge in [0.1, 0.15) is 29.9 Å². The van der Waals surface area contributed by atoms with Crippen LogP contribution in [0.2, 0.25) is 0 Å². The molecule has 3 amide bonds. The summed E-state index contributed by atoms with van der Waals surface area (Å²) >= 11 is 0. The van der Waals surface area contributed by atoms with Crippen LogP contribution in [-0.4, -0.2) is 133 Å². The Bertz CT molecular complexity index is 1960. The summed E-state index contributed by atoms with van der Waals surface area (Å²) in [4.78, 5) is 59.0. The highest BCUT2D eigenvalue weighted by atomic mass is 16.6. The van der Waals surface area contributed by atoms with Crippen LogP contribution in [0.15, 0.2) is 47.8 Å². The van der Waals surface area contributed by atoms with E-state index in [4.69, 9.17) is 39.4 Å². The predicted octanol–water partition coefficient (Wildman–Crippen LogP) is 4.38. The van der Waals surface area contributed by atoms with Crippen molar-refractivity contribution < 1.29 is 38.1 Å². The first-order chi connectivity index (χ1) is 28.6. The molecule has 59 heavy (non-hydrogen) atoms. The van der Waals surface area contributed by atoms with Crippen molar-refractivity contribution in [1.29, 1.82) is 0 Å². The van der Waals surface area contributed by atoms with Crippen LogP contribution >= 0.6 is 0 Å². The summed E-state index contributed by atoms with van der Waals surface area (Å²) in [5, 5.41) is 2.72. The van der Waals surface area contributed by atoms with Gasteiger partial charge in [-0.15, -0.1) is 0 Å². The van der Waals surface area contributed by atoms with E-state index in [2.05, 4.69) is 39.6 Å². The van der Waals surface area contributed by atoms with Crippen LogP contribution in [0.4, 0.5) is 4.79 Å². The van der Waals surface area contributed by atoms with E-state index in [9.17, 15) is 14.4 Å². The van der Waals surface area contributed by atoms with Crippen molar-refractivity contribution >= 4 is 29.1 Å². The summed E-state index contributed by atoms with van der Waals surface area (Å²) < 4.78 is 28.8. The molecule has 1 saturated carbocycles. The normalized spacial score (nSPS) is 24.2. The second kappa shape index (κ2) is 18.8. The van der Waals surface area contributed by atoms with Gasteiger partial charge in [-0.1, -0.05) is 38.2 Å². The Hall–Kier alpha value is -4.61. The van der Waals surface area contributed by atoms with Crippen LogP contribution in [0.1, 0.15) is 93.9 Å². The number of nitrogens with zero attached hydrogens (tertiary/aromatic N) is 4. The number of hydrogen-bond donors (Lipinski definition) is 4. The first-order valence-corrected chi connectivity index (χ1v) is 20.9. The Morgan fingerprint density at radius 2 is 1.47 bits per heavy atom. The molecule has 2 aromatic heterocycles. The lowest BCUT2D eigenvalue weighted by Crippen LogP contribution is -2.51. The number of likely N-dealkylation sites (tertiary alicyclic amines) is 2. The summed E-state index contributed by atoms with van der Waals surface area (Å²) in [5.41, 5.74) is 11.9. The third kappa shape index (κ3) is 9.26. The fraction of sp³-hybridized carbons (Fsp3) is 0.605. The number of methoxy groups -OCH3 is 3. The van der Waals surface area contributed by atoms with Crippen molar-refractivity contribution in [3.8, 4) is 0 Å². The van der Waals surface area contributed by atoms with Crippen LogP contribution in [0.3, 0.4) is 0 Å². The second-order valence-electron chi connectivity index (χ2n) is 16.6. The quantitative estimate of drug-likeness (QED) is 0.165. The molecule has 0 radical (unpaired) electrons. The molecule has 3 aliphatic carbocycles. The molecule has 3 fully saturated rings. The van der Waals surface area contributed by atoms with Gasteiger partial charge in [-0.2, -0.15) is 0 Å². The van der Waals surface area contributed by atoms with Crippen LogP contribution < -0.4 is 11.1 Å². The lowest BCUT2D eigenvalue weighted by Gasteiger charge is -2.35. The van der Waals surface area contributed by atoms with Gasteiger partial charge in [0.2, 0.25) is 11.8 Å². The molecule has 1 spiro atoms. The minimum atomic E-state index is -0.728. The summed E-state index contributed by atoms with van der Waals surface area (Å²) in [6, 6.07) is -1.09. The zero-order valence-corrected chi connectivity index (χ0v) is 35.0. The number of aromatic nitrogens is 4. The lowest BCUT2D eigenvalue weighted by atomic mass is 9.83. The van der Waals surface area contributed by atoms with Crippen molar-refractivity contribution in [2.75, 3.05) is 67.4 Å². The number of ether oxygens (including phenoxy) is 5. The number of allylic oxidation sites excluding steroid dienone is 5. The van der Waals surface area contributed by atoms with Gasteiger partial charge < -0.3 is 54.5 Å². The van der Waals surface area contributed by atoms with Gasteiger partial charge >= 0.3 is 6.09 Å². The fourth-order valence-corrected chi connectivity index (χ4v) is 8.94. The Balaban J connectivity index is 1.14. The third-order valence-corrected chi connectivity index (χ3v) is 12.4. The summed E-state index contributed by atoms with van der Waals surface area (Å²) in [6.07, 6.45) is 16.9. The minimum absolute atomic E-state index is 0.00202. The molecule has 2 saturated heterocycles. The van der Waals surface area contributed by atoms with Gasteiger partial charge in [0, 0.05) is 32.9 Å². The fourth-order valence-electron chi connectivity index (χ4n) is 8.94. The maximum Gasteiger partial charge on any atom is 0.407 e. The number of hydrogen-bond acceptors (Lipinski definition) is 11. The number of rotatable bonds is 17. The molecule has 5 aliphatic rings. The zero-order valence-electron chi connectivity index (χ0n) is 35.0. The van der Waals surface area contributed by atoms with E-state index in [1.165, 1.54) is 7.11 Å². The van der Waals surface area contributed by atoms with Gasteiger partial charge in [0.15, 0.2) is 0 Å². The summed E-state index contributed by atoms with van der Waals surface area (Å²) in [7, 11) is 4.58. The van der Waals surface area contributed by atoms with Crippen LogP contribution in [0.25, 0.3) is 11.1 Å². The molecule has 5 N–H and O–H groups in total. The Morgan fingerprint density at radius 1 is 0.847 bits per heavy atom. The van der Waals surface area contributed by atoms with E-state index in [1.54, 1.807) is 25.3 Å². The molecule has 16 nitrogen and oxygen atoms in total. The molecule has 5 unspecified atom stereocenters. The molecule has 16 heteroatoms. The number of imidazole rings is 2. The first kappa shape index (κ1) is 42.5. The highest BCUT2D eigenvalue weighted by Crippen LogP contribution is 2.58. The molecule has 0 aromatic carbocycles. The predicted molar refractivity (Wildman–Crippen MR) is 219 cm³/mol. The monoisotopic (exact) mass is 816 g/mol. The van der Waals surface area contributed by atoms with Gasteiger partial charge in [0.05, 0.1) is 75.9 Å². The van der Waals surface area contributed by atoms with E-state index in [0.29, 0.717) is 38.8 Å². The van der Waals surface area contributed by atoms with Crippen molar-refractivity contribution in [3.63, 3.8) is 0 Å². The average Bonchev–Trinajstić information content (AvgIpc) is 3.78. The third-order valence-electron chi connectivity index (χ3n) is 12.4. The molecule has 7 rings (SSSR count). The lowest BCUT2D eigenvalue weighted by molar-refractivity contribution is -0.135. The van der Waals surface area contributed by atoms with Crippen molar-refractivity contribution in [2.24, 2.45) is 17.1 Å². The highest BCUT2D eigenvalue weighted by Gasteiger charge is 2.54.